The van der Waals surface area contributed by atoms with E-state index in [-0.39, 0.29) is 0 Å². The second kappa shape index (κ2) is 15.6. The van der Waals surface area contributed by atoms with Crippen molar-refractivity contribution in [1.29, 1.82) is 0 Å². The number of oxazole rings is 1. The molecule has 1 fully saturated rings. The monoisotopic (exact) mass is 809 g/mol. The second-order valence-corrected chi connectivity index (χ2v) is 16.6. The summed E-state index contributed by atoms with van der Waals surface area (Å²) in [6.07, 6.45) is 3.74. The van der Waals surface area contributed by atoms with Crippen LogP contribution in [0.4, 0.5) is 0 Å². The molecule has 63 heavy (non-hydrogen) atoms. The lowest BCUT2D eigenvalue weighted by atomic mass is 9.74. The summed E-state index contributed by atoms with van der Waals surface area (Å²) in [6.45, 7) is 0. The number of benzene rings is 9. The van der Waals surface area contributed by atoms with Crippen molar-refractivity contribution < 1.29 is 5.79 Å². The lowest BCUT2D eigenvalue weighted by Gasteiger charge is -2.29. The van der Waals surface area contributed by atoms with Crippen molar-refractivity contribution in [2.24, 2.45) is 0 Å². The maximum Gasteiger partial charge on any atom is 0.307 e. The van der Waals surface area contributed by atoms with Gasteiger partial charge in [-0.05, 0) is 115 Å². The van der Waals surface area contributed by atoms with Crippen LogP contribution >= 0.6 is 0 Å². The highest BCUT2D eigenvalue weighted by molar-refractivity contribution is 6.15. The zero-order chi connectivity index (χ0) is 42.6. The molecule has 2 heterocycles. The molecule has 1 aliphatic rings. The van der Waals surface area contributed by atoms with Gasteiger partial charge < -0.3 is 4.42 Å². The van der Waals surface area contributed by atoms with Gasteiger partial charge in [0, 0.05) is 6.93 Å². The minimum atomic E-state index is -0.706. The van der Waals surface area contributed by atoms with Gasteiger partial charge in [-0.1, -0.05) is 207 Å². The van der Waals surface area contributed by atoms with Gasteiger partial charge in [-0.15, -0.1) is 0 Å². The Morgan fingerprint density at radius 1 is 0.381 bits per heavy atom. The fourth-order valence-corrected chi connectivity index (χ4v) is 10.2. The zero-order valence-corrected chi connectivity index (χ0v) is 34.8. The van der Waals surface area contributed by atoms with E-state index in [4.69, 9.17) is 9.40 Å². The topological polar surface area (TPSA) is 30.4 Å². The van der Waals surface area contributed by atoms with Gasteiger partial charge in [0.2, 0.25) is 0 Å². The van der Waals surface area contributed by atoms with Gasteiger partial charge >= 0.3 is 5.84 Å². The molecule has 0 radical (unpaired) electrons. The summed E-state index contributed by atoms with van der Waals surface area (Å²) in [7, 11) is 0. The first-order valence-corrected chi connectivity index (χ1v) is 22.1. The van der Waals surface area contributed by atoms with Crippen LogP contribution in [0.1, 0.15) is 38.5 Å². The van der Waals surface area contributed by atoms with Crippen LogP contribution in [-0.4, -0.2) is 9.38 Å². The molecule has 0 unspecified atom stereocenters. The number of aromatic nitrogens is 2. The summed E-state index contributed by atoms with van der Waals surface area (Å²) >= 11 is 0. The number of nitrogens with zero attached hydrogens (tertiary/aromatic N) is 2. The van der Waals surface area contributed by atoms with Crippen LogP contribution in [0.15, 0.2) is 217 Å². The smallest absolute Gasteiger partial charge is 0.307 e. The zero-order valence-electron chi connectivity index (χ0n) is 35.8. The third kappa shape index (κ3) is 6.31. The molecular formula is C60H44N2O. The molecule has 0 saturated heterocycles. The molecule has 3 nitrogen and oxygen atoms in total. The normalized spacial score (nSPS) is 13.8. The van der Waals surface area contributed by atoms with Crippen molar-refractivity contribution in [3.8, 4) is 77.9 Å². The molecule has 12 rings (SSSR count). The van der Waals surface area contributed by atoms with Crippen molar-refractivity contribution in [2.75, 3.05) is 0 Å². The van der Waals surface area contributed by atoms with Crippen LogP contribution in [0, 0.1) is 0 Å². The molecule has 0 spiro atoms. The SMILES string of the molecule is [2H]C1(c2ccc3c(oc4nc5ccccc5n43)c2-c2ccc(-c3c(-c4ccccc4)c(-c4ccccc4)c(-c4ccccc4)c(-c4ccccc4)c3-c3ccccc3)cc2)CCCC1. The van der Waals surface area contributed by atoms with E-state index in [1.54, 1.807) is 0 Å². The first-order chi connectivity index (χ1) is 31.6. The summed E-state index contributed by atoms with van der Waals surface area (Å²) in [4.78, 5) is 4.91. The van der Waals surface area contributed by atoms with Crippen LogP contribution < -0.4 is 0 Å². The van der Waals surface area contributed by atoms with E-state index in [0.717, 1.165) is 103 Å². The number of fused-ring (bicyclic) bond motifs is 5. The standard InChI is InChI=1S/C60H44N2O/c1-6-22-41(23-7-1)53-54(42-24-8-2-9-25-42)56(44-28-12-4-13-29-44)58(57(45-30-14-5-15-31-45)55(53)43-26-10-3-11-27-43)47-36-34-46(35-37-47)52-48(40-20-16-17-21-40)38-39-51-59(52)63-60-61-49-32-18-19-33-50(49)62(51)60/h1-15,18-19,22-40H,16-17,20-21H2/i40D. The minimum Gasteiger partial charge on any atom is -0.422 e. The third-order valence-corrected chi connectivity index (χ3v) is 13.0. The van der Waals surface area contributed by atoms with E-state index in [1.165, 1.54) is 27.8 Å². The first-order valence-electron chi connectivity index (χ1n) is 22.6. The van der Waals surface area contributed by atoms with Crippen LogP contribution in [0.2, 0.25) is 0 Å². The Labute approximate surface area is 369 Å². The molecule has 0 N–H and O–H groups in total. The van der Waals surface area contributed by atoms with Crippen molar-refractivity contribution in [2.45, 2.75) is 31.6 Å². The minimum absolute atomic E-state index is 0.567. The number of rotatable bonds is 8. The van der Waals surface area contributed by atoms with E-state index in [1.807, 2.05) is 18.2 Å². The van der Waals surface area contributed by atoms with Crippen LogP contribution in [0.25, 0.3) is 106 Å². The Balaban J connectivity index is 1.20. The largest absolute Gasteiger partial charge is 0.422 e. The summed E-state index contributed by atoms with van der Waals surface area (Å²) < 4.78 is 18.8. The van der Waals surface area contributed by atoms with Crippen LogP contribution in [-0.2, 0) is 0 Å². The van der Waals surface area contributed by atoms with Gasteiger partial charge in [0.15, 0.2) is 5.58 Å². The van der Waals surface area contributed by atoms with Crippen LogP contribution in [0.3, 0.4) is 0 Å². The number of hydrogen-bond donors (Lipinski definition) is 0. The van der Waals surface area contributed by atoms with Gasteiger partial charge in [0.25, 0.3) is 0 Å². The predicted molar refractivity (Wildman–Crippen MR) is 262 cm³/mol. The Morgan fingerprint density at radius 3 is 1.17 bits per heavy atom. The number of imidazole rings is 1. The fraction of sp³-hybridized carbons (Fsp3) is 0.0833. The number of para-hydroxylation sites is 2. The summed E-state index contributed by atoms with van der Waals surface area (Å²) in [5.41, 5.74) is 20.6. The van der Waals surface area contributed by atoms with E-state index in [0.29, 0.717) is 5.84 Å². The van der Waals surface area contributed by atoms with E-state index >= 15 is 0 Å². The summed E-state index contributed by atoms with van der Waals surface area (Å²) in [5, 5.41) is 0. The van der Waals surface area contributed by atoms with Crippen molar-refractivity contribution >= 4 is 28.0 Å². The molecule has 1 aliphatic carbocycles. The molecule has 2 aromatic heterocycles. The quantitative estimate of drug-likeness (QED) is 0.153. The molecule has 0 aliphatic heterocycles. The Hall–Kier alpha value is -7.75. The van der Waals surface area contributed by atoms with Crippen LogP contribution in [0.5, 0.6) is 0 Å². The average Bonchev–Trinajstić information content (AvgIpc) is 4.08. The van der Waals surface area contributed by atoms with Crippen molar-refractivity contribution in [3.63, 3.8) is 0 Å². The van der Waals surface area contributed by atoms with Gasteiger partial charge in [-0.3, -0.25) is 4.40 Å². The lowest BCUT2D eigenvalue weighted by molar-refractivity contribution is 0.641. The molecule has 11 aromatic rings. The Bertz CT molecular complexity index is 3360. The third-order valence-electron chi connectivity index (χ3n) is 13.0. The van der Waals surface area contributed by atoms with E-state index in [9.17, 15) is 1.37 Å². The number of hydrogen-bond acceptors (Lipinski definition) is 2. The highest BCUT2D eigenvalue weighted by Crippen LogP contribution is 2.56. The second-order valence-electron chi connectivity index (χ2n) is 16.6. The first kappa shape index (κ1) is 36.0. The fourth-order valence-electron chi connectivity index (χ4n) is 10.2. The highest BCUT2D eigenvalue weighted by Gasteiger charge is 2.30. The van der Waals surface area contributed by atoms with Gasteiger partial charge in [-0.2, -0.15) is 4.98 Å². The molecule has 300 valence electrons. The molecule has 1 saturated carbocycles. The van der Waals surface area contributed by atoms with E-state index in [2.05, 4.69) is 199 Å². The van der Waals surface area contributed by atoms with Crippen molar-refractivity contribution in [1.82, 2.24) is 9.38 Å². The van der Waals surface area contributed by atoms with Crippen molar-refractivity contribution in [3.05, 3.63) is 218 Å². The Morgan fingerprint density at radius 2 is 0.746 bits per heavy atom. The maximum absolute atomic E-state index is 9.88. The van der Waals surface area contributed by atoms with Gasteiger partial charge in [0.05, 0.1) is 16.6 Å². The predicted octanol–water partition coefficient (Wildman–Crippen LogP) is 16.6. The lowest BCUT2D eigenvalue weighted by Crippen LogP contribution is -2.02. The molecule has 3 heteroatoms. The molecule has 0 bridgehead atoms. The van der Waals surface area contributed by atoms with Gasteiger partial charge in [0.1, 0.15) is 0 Å². The van der Waals surface area contributed by atoms with Gasteiger partial charge in [-0.25, -0.2) is 0 Å². The molecular weight excluding hydrogens is 765 g/mol. The molecule has 0 atom stereocenters. The highest BCUT2D eigenvalue weighted by atomic mass is 16.4. The maximum atomic E-state index is 9.88. The summed E-state index contributed by atoms with van der Waals surface area (Å²) in [5.74, 6) is -0.139. The van der Waals surface area contributed by atoms with E-state index < -0.39 is 5.89 Å². The summed E-state index contributed by atoms with van der Waals surface area (Å²) in [6, 6.07) is 76.2. The molecule has 0 amide bonds. The molecule has 9 aromatic carbocycles. The average molecular weight is 810 g/mol. The Kier molecular flexibility index (Phi) is 8.91.